The van der Waals surface area contributed by atoms with Gasteiger partial charge in [0.2, 0.25) is 0 Å². The van der Waals surface area contributed by atoms with Gasteiger partial charge in [-0.3, -0.25) is 10.2 Å². The largest absolute Gasteiger partial charge is 0.322 e. The first-order valence-corrected chi connectivity index (χ1v) is 8.32. The fourth-order valence-corrected chi connectivity index (χ4v) is 3.23. The van der Waals surface area contributed by atoms with Gasteiger partial charge in [-0.05, 0) is 24.3 Å². The van der Waals surface area contributed by atoms with Gasteiger partial charge in [0.1, 0.15) is 11.0 Å². The zero-order valence-corrected chi connectivity index (χ0v) is 12.9. The summed E-state index contributed by atoms with van der Waals surface area (Å²) in [6.07, 6.45) is 4.18. The first-order chi connectivity index (χ1) is 11.4. The van der Waals surface area contributed by atoms with Gasteiger partial charge in [-0.2, -0.15) is 10.2 Å². The third kappa shape index (κ3) is 2.27. The van der Waals surface area contributed by atoms with Gasteiger partial charge in [0.05, 0.1) is 11.1 Å². The minimum atomic E-state index is 0.636. The number of hydrogen-bond acceptors (Lipinski definition) is 6. The van der Waals surface area contributed by atoms with E-state index in [2.05, 4.69) is 35.7 Å². The van der Waals surface area contributed by atoms with Crippen molar-refractivity contribution in [1.29, 1.82) is 0 Å². The first-order valence-electron chi connectivity index (χ1n) is 7.44. The van der Waals surface area contributed by atoms with E-state index < -0.39 is 0 Å². The van der Waals surface area contributed by atoms with Gasteiger partial charge in [0, 0.05) is 17.7 Å². The minimum Gasteiger partial charge on any atom is -0.322 e. The molecule has 1 aliphatic carbocycles. The molecule has 114 valence electrons. The van der Waals surface area contributed by atoms with Crippen molar-refractivity contribution in [2.45, 2.75) is 18.8 Å². The fourth-order valence-electron chi connectivity index (χ4n) is 2.57. The van der Waals surface area contributed by atoms with Crippen LogP contribution in [-0.2, 0) is 0 Å². The second-order valence-electron chi connectivity index (χ2n) is 5.61. The van der Waals surface area contributed by atoms with Crippen LogP contribution in [0.1, 0.15) is 24.5 Å². The Morgan fingerprint density at radius 3 is 3.00 bits per heavy atom. The van der Waals surface area contributed by atoms with E-state index in [1.54, 1.807) is 17.5 Å². The van der Waals surface area contributed by atoms with E-state index >= 15 is 0 Å². The highest BCUT2D eigenvalue weighted by Gasteiger charge is 2.25. The van der Waals surface area contributed by atoms with Crippen LogP contribution in [0.5, 0.6) is 0 Å². The maximum atomic E-state index is 4.64. The maximum Gasteiger partial charge on any atom is 0.172 e. The number of anilines is 2. The summed E-state index contributed by atoms with van der Waals surface area (Å²) in [5, 5.41) is 19.7. The van der Waals surface area contributed by atoms with Crippen molar-refractivity contribution >= 4 is 34.0 Å². The SMILES string of the molecule is c1csc(-c2nc(Nc3cc(C4CC4)[nH]n3)c3[nH]ncc3n2)c1. The number of thiophene rings is 1. The number of fused-ring (bicyclic) bond motifs is 1. The van der Waals surface area contributed by atoms with Crippen molar-refractivity contribution in [3.8, 4) is 10.7 Å². The van der Waals surface area contributed by atoms with Gasteiger partial charge in [-0.1, -0.05) is 6.07 Å². The van der Waals surface area contributed by atoms with Crippen LogP contribution in [0, 0.1) is 0 Å². The number of aromatic nitrogens is 6. The van der Waals surface area contributed by atoms with Crippen molar-refractivity contribution < 1.29 is 0 Å². The van der Waals surface area contributed by atoms with Crippen molar-refractivity contribution in [2.24, 2.45) is 0 Å². The first kappa shape index (κ1) is 12.8. The molecule has 5 rings (SSSR count). The summed E-state index contributed by atoms with van der Waals surface area (Å²) in [6, 6.07) is 6.05. The third-order valence-electron chi connectivity index (χ3n) is 3.90. The van der Waals surface area contributed by atoms with Gasteiger partial charge < -0.3 is 5.32 Å². The number of aromatic amines is 2. The summed E-state index contributed by atoms with van der Waals surface area (Å²) in [5.74, 6) is 2.77. The Kier molecular flexibility index (Phi) is 2.71. The minimum absolute atomic E-state index is 0.636. The quantitative estimate of drug-likeness (QED) is 0.535. The average Bonchev–Trinajstić information content (AvgIpc) is 3.01. The number of hydrogen-bond donors (Lipinski definition) is 3. The van der Waals surface area contributed by atoms with Crippen LogP contribution in [0.3, 0.4) is 0 Å². The Hall–Kier alpha value is -2.74. The Bertz CT molecular complexity index is 965. The molecule has 3 N–H and O–H groups in total. The normalized spacial score (nSPS) is 14.4. The molecule has 0 aromatic carbocycles. The summed E-state index contributed by atoms with van der Waals surface area (Å²) in [7, 11) is 0. The molecule has 4 aromatic heterocycles. The molecule has 0 bridgehead atoms. The van der Waals surface area contributed by atoms with Crippen LogP contribution in [0.25, 0.3) is 21.7 Å². The number of nitrogens with one attached hydrogen (secondary N) is 3. The number of H-pyrrole nitrogens is 2. The highest BCUT2D eigenvalue weighted by molar-refractivity contribution is 7.13. The second kappa shape index (κ2) is 4.88. The molecule has 4 aromatic rings. The second-order valence-corrected chi connectivity index (χ2v) is 6.56. The molecule has 8 heteroatoms. The molecule has 0 atom stereocenters. The summed E-state index contributed by atoms with van der Waals surface area (Å²) >= 11 is 1.61. The van der Waals surface area contributed by atoms with E-state index in [-0.39, 0.29) is 0 Å². The predicted molar refractivity (Wildman–Crippen MR) is 88.8 cm³/mol. The Labute approximate surface area is 135 Å². The Morgan fingerprint density at radius 1 is 1.22 bits per heavy atom. The van der Waals surface area contributed by atoms with Crippen LogP contribution in [-0.4, -0.2) is 30.4 Å². The molecule has 23 heavy (non-hydrogen) atoms. The number of rotatable bonds is 4. The molecule has 4 heterocycles. The van der Waals surface area contributed by atoms with E-state index in [0.717, 1.165) is 21.7 Å². The molecule has 0 amide bonds. The van der Waals surface area contributed by atoms with E-state index in [4.69, 9.17) is 0 Å². The summed E-state index contributed by atoms with van der Waals surface area (Å²) in [6.45, 7) is 0. The van der Waals surface area contributed by atoms with E-state index in [1.807, 2.05) is 23.6 Å². The van der Waals surface area contributed by atoms with Crippen LogP contribution < -0.4 is 5.32 Å². The lowest BCUT2D eigenvalue weighted by atomic mass is 10.3. The molecule has 1 aliphatic rings. The molecule has 1 fully saturated rings. The lowest BCUT2D eigenvalue weighted by Crippen LogP contribution is -1.98. The highest BCUT2D eigenvalue weighted by atomic mass is 32.1. The molecule has 0 spiro atoms. The molecule has 0 radical (unpaired) electrons. The van der Waals surface area contributed by atoms with Gasteiger partial charge >= 0.3 is 0 Å². The zero-order valence-electron chi connectivity index (χ0n) is 12.1. The van der Waals surface area contributed by atoms with Crippen LogP contribution >= 0.6 is 11.3 Å². The van der Waals surface area contributed by atoms with Crippen molar-refractivity contribution in [2.75, 3.05) is 5.32 Å². The topological polar surface area (TPSA) is 95.2 Å². The van der Waals surface area contributed by atoms with Crippen LogP contribution in [0.2, 0.25) is 0 Å². The van der Waals surface area contributed by atoms with Gasteiger partial charge in [0.15, 0.2) is 17.5 Å². The highest BCUT2D eigenvalue weighted by Crippen LogP contribution is 2.39. The van der Waals surface area contributed by atoms with Crippen molar-refractivity contribution in [1.82, 2.24) is 30.4 Å². The Morgan fingerprint density at radius 2 is 2.17 bits per heavy atom. The molecular formula is C15H13N7S. The van der Waals surface area contributed by atoms with E-state index in [9.17, 15) is 0 Å². The summed E-state index contributed by atoms with van der Waals surface area (Å²) in [4.78, 5) is 10.2. The Balaban J connectivity index is 1.57. The maximum absolute atomic E-state index is 4.64. The average molecular weight is 323 g/mol. The fraction of sp³-hybridized carbons (Fsp3) is 0.200. The van der Waals surface area contributed by atoms with Gasteiger partial charge in [-0.25, -0.2) is 9.97 Å². The molecule has 0 unspecified atom stereocenters. The standard InChI is InChI=1S/C15H13N7S/c1-2-11(23-5-1)14-17-10-7-16-22-13(10)15(19-14)18-12-6-9(20-21-12)8-3-4-8/h1-2,5-8H,3-4H2,(H,16,22)(H2,17,18,19,20,21). The molecule has 0 saturated heterocycles. The molecule has 1 saturated carbocycles. The van der Waals surface area contributed by atoms with E-state index in [1.165, 1.54) is 18.5 Å². The smallest absolute Gasteiger partial charge is 0.172 e. The van der Waals surface area contributed by atoms with E-state index in [0.29, 0.717) is 17.6 Å². The van der Waals surface area contributed by atoms with Crippen molar-refractivity contribution in [3.05, 3.63) is 35.5 Å². The lowest BCUT2D eigenvalue weighted by Gasteiger charge is -2.05. The van der Waals surface area contributed by atoms with Crippen LogP contribution in [0.4, 0.5) is 11.6 Å². The predicted octanol–water partition coefficient (Wildman–Crippen LogP) is 3.43. The zero-order chi connectivity index (χ0) is 15.2. The van der Waals surface area contributed by atoms with Crippen LogP contribution in [0.15, 0.2) is 29.8 Å². The van der Waals surface area contributed by atoms with Gasteiger partial charge in [-0.15, -0.1) is 11.3 Å². The lowest BCUT2D eigenvalue weighted by molar-refractivity contribution is 0.966. The molecule has 7 nitrogen and oxygen atoms in total. The third-order valence-corrected chi connectivity index (χ3v) is 4.77. The molecule has 0 aliphatic heterocycles. The van der Waals surface area contributed by atoms with Crippen molar-refractivity contribution in [3.63, 3.8) is 0 Å². The number of nitrogens with zero attached hydrogens (tertiary/aromatic N) is 4. The summed E-state index contributed by atoms with van der Waals surface area (Å²) in [5.41, 5.74) is 2.74. The van der Waals surface area contributed by atoms with Gasteiger partial charge in [0.25, 0.3) is 0 Å². The summed E-state index contributed by atoms with van der Waals surface area (Å²) < 4.78 is 0. The monoisotopic (exact) mass is 323 g/mol. The molecular weight excluding hydrogens is 310 g/mol.